The summed E-state index contributed by atoms with van der Waals surface area (Å²) in [6.45, 7) is 2.85. The molecule has 0 N–H and O–H groups in total. The summed E-state index contributed by atoms with van der Waals surface area (Å²) < 4.78 is 0. The molecule has 1 aromatic carbocycles. The van der Waals surface area contributed by atoms with Gasteiger partial charge < -0.3 is 0 Å². The number of thioether (sulfide) groups is 1. The fraction of sp³-hybridized carbons (Fsp3) is 0.333. The van der Waals surface area contributed by atoms with E-state index in [-0.39, 0.29) is 5.91 Å². The Labute approximate surface area is 117 Å². The lowest BCUT2D eigenvalue weighted by molar-refractivity contribution is -0.122. The first-order valence-corrected chi connectivity index (χ1v) is 7.54. The minimum Gasteiger partial charge on any atom is -0.286 e. The van der Waals surface area contributed by atoms with Gasteiger partial charge in [0.05, 0.1) is 0 Å². The molecule has 0 aliphatic carbocycles. The molecule has 0 unspecified atom stereocenters. The van der Waals surface area contributed by atoms with Crippen LogP contribution < -0.4 is 0 Å². The summed E-state index contributed by atoms with van der Waals surface area (Å²) >= 11 is 1.69. The van der Waals surface area contributed by atoms with Crippen LogP contribution in [0.25, 0.3) is 6.08 Å². The molecule has 1 aromatic rings. The average molecular weight is 272 g/mol. The molecule has 1 saturated heterocycles. The zero-order chi connectivity index (χ0) is 13.2. The summed E-state index contributed by atoms with van der Waals surface area (Å²) in [7, 11) is 0. The van der Waals surface area contributed by atoms with Gasteiger partial charge in [-0.1, -0.05) is 41.6 Å². The van der Waals surface area contributed by atoms with Crippen LogP contribution in [-0.4, -0.2) is 28.3 Å². The van der Waals surface area contributed by atoms with E-state index in [1.54, 1.807) is 11.8 Å². The number of hydrogen-bond donors (Lipinski definition) is 0. The predicted molar refractivity (Wildman–Crippen MR) is 80.0 cm³/mol. The van der Waals surface area contributed by atoms with Gasteiger partial charge in [0.15, 0.2) is 5.17 Å². The van der Waals surface area contributed by atoms with Crippen molar-refractivity contribution < 1.29 is 4.79 Å². The molecule has 0 aromatic heterocycles. The molecule has 2 heterocycles. The fourth-order valence-corrected chi connectivity index (χ4v) is 3.31. The van der Waals surface area contributed by atoms with Crippen molar-refractivity contribution in [3.8, 4) is 0 Å². The van der Waals surface area contributed by atoms with Crippen molar-refractivity contribution in [3.05, 3.63) is 41.1 Å². The maximum absolute atomic E-state index is 12.3. The standard InChI is InChI=1S/C15H16N2OS/c1-11-5-4-6-12(9-11)10-13-14(18)17-7-2-3-8-19-15(17)16-13/h4-6,9-10H,2-3,7-8H2,1H3/b13-10-. The Morgan fingerprint density at radius 1 is 1.37 bits per heavy atom. The van der Waals surface area contributed by atoms with Gasteiger partial charge in [-0.3, -0.25) is 9.69 Å². The number of carbonyl (C=O) groups excluding carboxylic acids is 1. The Hall–Kier alpha value is -1.55. The van der Waals surface area contributed by atoms with Crippen LogP contribution in [-0.2, 0) is 4.79 Å². The van der Waals surface area contributed by atoms with E-state index in [2.05, 4.69) is 11.1 Å². The predicted octanol–water partition coefficient (Wildman–Crippen LogP) is 3.06. The first kappa shape index (κ1) is 12.5. The first-order chi connectivity index (χ1) is 9.24. The number of fused-ring (bicyclic) bond motifs is 1. The molecule has 4 heteroatoms. The molecule has 19 heavy (non-hydrogen) atoms. The number of hydrogen-bond acceptors (Lipinski definition) is 3. The van der Waals surface area contributed by atoms with Crippen molar-refractivity contribution in [2.24, 2.45) is 4.99 Å². The third kappa shape index (κ3) is 2.59. The lowest BCUT2D eigenvalue weighted by atomic mass is 10.1. The summed E-state index contributed by atoms with van der Waals surface area (Å²) in [5.74, 6) is 1.10. The second kappa shape index (κ2) is 5.21. The third-order valence-electron chi connectivity index (χ3n) is 3.26. The highest BCUT2D eigenvalue weighted by atomic mass is 32.2. The zero-order valence-corrected chi connectivity index (χ0v) is 11.7. The number of rotatable bonds is 1. The highest BCUT2D eigenvalue weighted by molar-refractivity contribution is 8.13. The number of amides is 1. The van der Waals surface area contributed by atoms with Gasteiger partial charge in [0.25, 0.3) is 5.91 Å². The molecule has 1 amide bonds. The van der Waals surface area contributed by atoms with Gasteiger partial charge in [-0.2, -0.15) is 0 Å². The maximum Gasteiger partial charge on any atom is 0.278 e. The second-order valence-electron chi connectivity index (χ2n) is 4.85. The summed E-state index contributed by atoms with van der Waals surface area (Å²) in [6.07, 6.45) is 4.11. The van der Waals surface area contributed by atoms with Crippen molar-refractivity contribution in [2.75, 3.05) is 12.3 Å². The van der Waals surface area contributed by atoms with Crippen LogP contribution in [0, 0.1) is 6.92 Å². The molecule has 98 valence electrons. The van der Waals surface area contributed by atoms with Crippen LogP contribution in [0.5, 0.6) is 0 Å². The molecule has 2 aliphatic rings. The first-order valence-electron chi connectivity index (χ1n) is 6.56. The van der Waals surface area contributed by atoms with Crippen molar-refractivity contribution in [2.45, 2.75) is 19.8 Å². The van der Waals surface area contributed by atoms with Crippen molar-refractivity contribution >= 4 is 28.9 Å². The topological polar surface area (TPSA) is 32.7 Å². The molecule has 0 bridgehead atoms. The van der Waals surface area contributed by atoms with Gasteiger partial charge in [0, 0.05) is 12.3 Å². The number of aryl methyl sites for hydroxylation is 1. The Balaban J connectivity index is 1.92. The third-order valence-corrected chi connectivity index (χ3v) is 4.33. The van der Waals surface area contributed by atoms with E-state index < -0.39 is 0 Å². The number of nitrogens with zero attached hydrogens (tertiary/aromatic N) is 2. The minimum absolute atomic E-state index is 0.0471. The number of amidine groups is 1. The molecule has 0 saturated carbocycles. The summed E-state index contributed by atoms with van der Waals surface area (Å²) in [4.78, 5) is 18.6. The molecule has 3 nitrogen and oxygen atoms in total. The van der Waals surface area contributed by atoms with Gasteiger partial charge >= 0.3 is 0 Å². The van der Waals surface area contributed by atoms with Gasteiger partial charge in [-0.25, -0.2) is 4.99 Å². The van der Waals surface area contributed by atoms with E-state index >= 15 is 0 Å². The van der Waals surface area contributed by atoms with Crippen LogP contribution in [0.1, 0.15) is 24.0 Å². The average Bonchev–Trinajstić information content (AvgIpc) is 2.58. The Bertz CT molecular complexity index is 577. The minimum atomic E-state index is 0.0471. The molecule has 0 spiro atoms. The van der Waals surface area contributed by atoms with Crippen LogP contribution in [0.3, 0.4) is 0 Å². The fourth-order valence-electron chi connectivity index (χ4n) is 2.29. The largest absolute Gasteiger partial charge is 0.286 e. The van der Waals surface area contributed by atoms with Gasteiger partial charge in [0.2, 0.25) is 0 Å². The molecule has 3 rings (SSSR count). The van der Waals surface area contributed by atoms with Crippen molar-refractivity contribution in [1.82, 2.24) is 4.90 Å². The van der Waals surface area contributed by atoms with E-state index in [1.165, 1.54) is 5.56 Å². The number of benzene rings is 1. The Kier molecular flexibility index (Phi) is 3.42. The van der Waals surface area contributed by atoms with Crippen molar-refractivity contribution in [1.29, 1.82) is 0 Å². The summed E-state index contributed by atoms with van der Waals surface area (Å²) in [5.41, 5.74) is 2.79. The monoisotopic (exact) mass is 272 g/mol. The Morgan fingerprint density at radius 3 is 3.11 bits per heavy atom. The summed E-state index contributed by atoms with van der Waals surface area (Å²) in [6, 6.07) is 8.12. The molecule has 0 radical (unpaired) electrons. The lowest BCUT2D eigenvalue weighted by Gasteiger charge is -2.13. The van der Waals surface area contributed by atoms with Gasteiger partial charge in [-0.05, 0) is 31.4 Å². The molecule has 1 fully saturated rings. The highest BCUT2D eigenvalue weighted by Gasteiger charge is 2.31. The van der Waals surface area contributed by atoms with Crippen LogP contribution in [0.2, 0.25) is 0 Å². The zero-order valence-electron chi connectivity index (χ0n) is 10.9. The molecule has 2 aliphatic heterocycles. The molecule has 0 atom stereocenters. The number of aliphatic imine (C=N–C) groups is 1. The van der Waals surface area contributed by atoms with Crippen LogP contribution >= 0.6 is 11.8 Å². The van der Waals surface area contributed by atoms with E-state index in [1.807, 2.05) is 36.1 Å². The van der Waals surface area contributed by atoms with Crippen LogP contribution in [0.4, 0.5) is 0 Å². The highest BCUT2D eigenvalue weighted by Crippen LogP contribution is 2.27. The summed E-state index contributed by atoms with van der Waals surface area (Å²) in [5, 5.41) is 0.876. The van der Waals surface area contributed by atoms with E-state index in [9.17, 15) is 4.79 Å². The van der Waals surface area contributed by atoms with E-state index in [0.717, 1.165) is 35.9 Å². The van der Waals surface area contributed by atoms with E-state index in [4.69, 9.17) is 0 Å². The van der Waals surface area contributed by atoms with E-state index in [0.29, 0.717) is 5.70 Å². The Morgan fingerprint density at radius 2 is 2.26 bits per heavy atom. The van der Waals surface area contributed by atoms with Crippen LogP contribution in [0.15, 0.2) is 35.0 Å². The normalized spacial score (nSPS) is 21.3. The smallest absolute Gasteiger partial charge is 0.278 e. The SMILES string of the molecule is Cc1cccc(/C=C2\N=C3SCCCCN3C2=O)c1. The second-order valence-corrected chi connectivity index (χ2v) is 5.91. The number of carbonyl (C=O) groups is 1. The maximum atomic E-state index is 12.3. The quantitative estimate of drug-likeness (QED) is 0.736. The van der Waals surface area contributed by atoms with Crippen molar-refractivity contribution in [3.63, 3.8) is 0 Å². The molecular formula is C15H16N2OS. The molecular weight excluding hydrogens is 256 g/mol. The lowest BCUT2D eigenvalue weighted by Crippen LogP contribution is -2.30. The van der Waals surface area contributed by atoms with Gasteiger partial charge in [-0.15, -0.1) is 0 Å². The van der Waals surface area contributed by atoms with Gasteiger partial charge in [0.1, 0.15) is 5.70 Å².